The molecule has 6 nitrogen and oxygen atoms in total. The van der Waals surface area contributed by atoms with Gasteiger partial charge in [-0.15, -0.1) is 0 Å². The van der Waals surface area contributed by atoms with E-state index < -0.39 is 33.5 Å². The maximum Gasteiger partial charge on any atom is 0.246 e. The molecule has 0 radical (unpaired) electrons. The van der Waals surface area contributed by atoms with Crippen molar-refractivity contribution in [1.82, 2.24) is 4.31 Å². The first kappa shape index (κ1) is 21.5. The van der Waals surface area contributed by atoms with Crippen LogP contribution in [0.15, 0.2) is 41.3 Å². The number of methoxy groups -OCH3 is 1. The molecule has 0 saturated carbocycles. The second kappa shape index (κ2) is 8.64. The SMILES string of the molecule is COc1ccc(Cl)cc1S(=O)(=O)N1CCC[C@H](C(=O)Nc2ccc(F)c(F)c2)C1. The highest BCUT2D eigenvalue weighted by atomic mass is 35.5. The lowest BCUT2D eigenvalue weighted by Crippen LogP contribution is -2.43. The highest BCUT2D eigenvalue weighted by molar-refractivity contribution is 7.89. The molecule has 156 valence electrons. The van der Waals surface area contributed by atoms with Crippen LogP contribution < -0.4 is 10.1 Å². The number of ether oxygens (including phenoxy) is 1. The van der Waals surface area contributed by atoms with E-state index in [4.69, 9.17) is 16.3 Å². The van der Waals surface area contributed by atoms with Crippen LogP contribution in [0.3, 0.4) is 0 Å². The molecule has 1 fully saturated rings. The smallest absolute Gasteiger partial charge is 0.246 e. The summed E-state index contributed by atoms with van der Waals surface area (Å²) in [6.07, 6.45) is 0.937. The predicted molar refractivity (Wildman–Crippen MR) is 104 cm³/mol. The van der Waals surface area contributed by atoms with Crippen LogP contribution in [-0.2, 0) is 14.8 Å². The number of halogens is 3. The first-order valence-corrected chi connectivity index (χ1v) is 10.6. The van der Waals surface area contributed by atoms with Gasteiger partial charge in [0.05, 0.1) is 13.0 Å². The van der Waals surface area contributed by atoms with Gasteiger partial charge in [0, 0.05) is 29.9 Å². The molecule has 0 unspecified atom stereocenters. The minimum Gasteiger partial charge on any atom is -0.495 e. The molecule has 1 amide bonds. The summed E-state index contributed by atoms with van der Waals surface area (Å²) in [6.45, 7) is 0.195. The molecule has 0 bridgehead atoms. The number of anilines is 1. The van der Waals surface area contributed by atoms with Gasteiger partial charge in [-0.2, -0.15) is 4.31 Å². The van der Waals surface area contributed by atoms with Gasteiger partial charge in [0.15, 0.2) is 11.6 Å². The molecule has 1 N–H and O–H groups in total. The van der Waals surface area contributed by atoms with Crippen molar-refractivity contribution in [2.75, 3.05) is 25.5 Å². The Hall–Kier alpha value is -2.23. The fraction of sp³-hybridized carbons (Fsp3) is 0.316. The number of benzene rings is 2. The normalized spacial score (nSPS) is 17.7. The van der Waals surface area contributed by atoms with Crippen molar-refractivity contribution < 1.29 is 26.7 Å². The van der Waals surface area contributed by atoms with E-state index in [-0.39, 0.29) is 34.4 Å². The van der Waals surface area contributed by atoms with Crippen molar-refractivity contribution in [2.24, 2.45) is 5.92 Å². The Balaban J connectivity index is 1.78. The zero-order valence-corrected chi connectivity index (χ0v) is 17.1. The molecule has 3 rings (SSSR count). The summed E-state index contributed by atoms with van der Waals surface area (Å²) in [5, 5.41) is 2.75. The van der Waals surface area contributed by atoms with E-state index >= 15 is 0 Å². The second-order valence-electron chi connectivity index (χ2n) is 6.62. The van der Waals surface area contributed by atoms with E-state index in [9.17, 15) is 22.0 Å². The van der Waals surface area contributed by atoms with Crippen LogP contribution in [0, 0.1) is 17.6 Å². The van der Waals surface area contributed by atoms with Crippen LogP contribution in [0.25, 0.3) is 0 Å². The predicted octanol–water partition coefficient (Wildman–Crippen LogP) is 3.67. The first-order chi connectivity index (χ1) is 13.7. The van der Waals surface area contributed by atoms with Crippen LogP contribution in [0.5, 0.6) is 5.75 Å². The Morgan fingerprint density at radius 2 is 1.97 bits per heavy atom. The molecule has 10 heteroatoms. The van der Waals surface area contributed by atoms with Crippen molar-refractivity contribution >= 4 is 33.2 Å². The van der Waals surface area contributed by atoms with Crippen LogP contribution in [0.1, 0.15) is 12.8 Å². The zero-order valence-electron chi connectivity index (χ0n) is 15.5. The van der Waals surface area contributed by atoms with Crippen LogP contribution in [0.4, 0.5) is 14.5 Å². The fourth-order valence-corrected chi connectivity index (χ4v) is 5.13. The van der Waals surface area contributed by atoms with Crippen LogP contribution in [-0.4, -0.2) is 38.8 Å². The topological polar surface area (TPSA) is 75.7 Å². The van der Waals surface area contributed by atoms with Crippen molar-refractivity contribution in [2.45, 2.75) is 17.7 Å². The van der Waals surface area contributed by atoms with Crippen molar-refractivity contribution in [1.29, 1.82) is 0 Å². The van der Waals surface area contributed by atoms with E-state index in [1.165, 1.54) is 35.7 Å². The molecular weight excluding hydrogens is 426 g/mol. The summed E-state index contributed by atoms with van der Waals surface area (Å²) < 4.78 is 58.9. The third-order valence-electron chi connectivity index (χ3n) is 4.69. The molecule has 2 aromatic carbocycles. The molecule has 1 atom stereocenters. The lowest BCUT2D eigenvalue weighted by molar-refractivity contribution is -0.120. The standard InChI is InChI=1S/C19H19ClF2N2O4S/c1-28-17-7-4-13(20)9-18(17)29(26,27)24-8-2-3-12(11-24)19(25)23-14-5-6-15(21)16(22)10-14/h4-7,9-10,12H,2-3,8,11H2,1H3,(H,23,25)/t12-/m0/s1. The minimum absolute atomic E-state index is 0.0481. The number of carbonyl (C=O) groups excluding carboxylic acids is 1. The average molecular weight is 445 g/mol. The molecule has 1 aliphatic heterocycles. The molecular formula is C19H19ClF2N2O4S. The van der Waals surface area contributed by atoms with Gasteiger partial charge in [-0.3, -0.25) is 4.79 Å². The van der Waals surface area contributed by atoms with Crippen LogP contribution in [0.2, 0.25) is 5.02 Å². The summed E-state index contributed by atoms with van der Waals surface area (Å²) in [4.78, 5) is 12.5. The molecule has 1 saturated heterocycles. The molecule has 0 aliphatic carbocycles. The van der Waals surface area contributed by atoms with Gasteiger partial charge < -0.3 is 10.1 Å². The molecule has 0 aromatic heterocycles. The lowest BCUT2D eigenvalue weighted by Gasteiger charge is -2.31. The third kappa shape index (κ3) is 4.68. The monoisotopic (exact) mass is 444 g/mol. The zero-order chi connectivity index (χ0) is 21.2. The number of carbonyl (C=O) groups is 1. The number of hydrogen-bond donors (Lipinski definition) is 1. The molecule has 29 heavy (non-hydrogen) atoms. The highest BCUT2D eigenvalue weighted by Gasteiger charge is 2.35. The lowest BCUT2D eigenvalue weighted by atomic mass is 9.98. The molecule has 1 aliphatic rings. The third-order valence-corrected chi connectivity index (χ3v) is 6.81. The van der Waals surface area contributed by atoms with Crippen molar-refractivity contribution in [3.63, 3.8) is 0 Å². The first-order valence-electron chi connectivity index (χ1n) is 8.82. The minimum atomic E-state index is -3.94. The molecule has 2 aromatic rings. The van der Waals surface area contributed by atoms with E-state index in [1.807, 2.05) is 0 Å². The number of nitrogens with zero attached hydrogens (tertiary/aromatic N) is 1. The summed E-state index contributed by atoms with van der Waals surface area (Å²) in [7, 11) is -2.59. The second-order valence-corrected chi connectivity index (χ2v) is 8.96. The van der Waals surface area contributed by atoms with Gasteiger partial charge in [-0.05, 0) is 43.2 Å². The van der Waals surface area contributed by atoms with E-state index in [0.717, 1.165) is 12.1 Å². The highest BCUT2D eigenvalue weighted by Crippen LogP contribution is 2.32. The number of sulfonamides is 1. The Labute approximate surface area is 172 Å². The van der Waals surface area contributed by atoms with Crippen molar-refractivity contribution in [3.05, 3.63) is 53.1 Å². The number of amides is 1. The summed E-state index contributed by atoms with van der Waals surface area (Å²) >= 11 is 5.95. The Morgan fingerprint density at radius 3 is 2.66 bits per heavy atom. The largest absolute Gasteiger partial charge is 0.495 e. The van der Waals surface area contributed by atoms with Gasteiger partial charge in [0.2, 0.25) is 15.9 Å². The van der Waals surface area contributed by atoms with Gasteiger partial charge in [-0.1, -0.05) is 11.6 Å². The fourth-order valence-electron chi connectivity index (χ4n) is 3.18. The van der Waals surface area contributed by atoms with Crippen LogP contribution >= 0.6 is 11.6 Å². The Morgan fingerprint density at radius 1 is 1.21 bits per heavy atom. The molecule has 1 heterocycles. The Kier molecular flexibility index (Phi) is 6.40. The maximum atomic E-state index is 13.3. The summed E-state index contributed by atoms with van der Waals surface area (Å²) in [6, 6.07) is 7.32. The van der Waals surface area contributed by atoms with Gasteiger partial charge in [-0.25, -0.2) is 17.2 Å². The van der Waals surface area contributed by atoms with Gasteiger partial charge >= 0.3 is 0 Å². The average Bonchev–Trinajstić information content (AvgIpc) is 2.70. The van der Waals surface area contributed by atoms with E-state index in [1.54, 1.807) is 0 Å². The number of rotatable bonds is 5. The van der Waals surface area contributed by atoms with Gasteiger partial charge in [0.25, 0.3) is 0 Å². The number of piperidine rings is 1. The molecule has 0 spiro atoms. The van der Waals surface area contributed by atoms with Crippen molar-refractivity contribution in [3.8, 4) is 5.75 Å². The maximum absolute atomic E-state index is 13.3. The summed E-state index contributed by atoms with van der Waals surface area (Å²) in [5.41, 5.74) is 0.102. The number of nitrogens with one attached hydrogen (secondary N) is 1. The summed E-state index contributed by atoms with van der Waals surface area (Å²) in [5.74, 6) is -3.05. The van der Waals surface area contributed by atoms with E-state index in [2.05, 4.69) is 5.32 Å². The van der Waals surface area contributed by atoms with E-state index in [0.29, 0.717) is 12.8 Å². The number of hydrogen-bond acceptors (Lipinski definition) is 4. The van der Waals surface area contributed by atoms with Gasteiger partial charge in [0.1, 0.15) is 10.6 Å². The quantitative estimate of drug-likeness (QED) is 0.763. The Bertz CT molecular complexity index is 1030.